The van der Waals surface area contributed by atoms with E-state index in [9.17, 15) is 12.8 Å². The van der Waals surface area contributed by atoms with Crippen molar-refractivity contribution in [1.82, 2.24) is 14.5 Å². The monoisotopic (exact) mass is 451 g/mol. The molecule has 1 aliphatic rings. The van der Waals surface area contributed by atoms with E-state index in [2.05, 4.69) is 10.2 Å². The first-order chi connectivity index (χ1) is 14.4. The summed E-state index contributed by atoms with van der Waals surface area (Å²) >= 11 is 6.01. The minimum atomic E-state index is -3.85. The van der Waals surface area contributed by atoms with Crippen LogP contribution in [0.5, 0.6) is 5.75 Å². The van der Waals surface area contributed by atoms with Crippen LogP contribution in [0, 0.1) is 5.82 Å². The van der Waals surface area contributed by atoms with E-state index in [1.165, 1.54) is 29.6 Å². The molecule has 10 heteroatoms. The molecule has 0 saturated carbocycles. The Morgan fingerprint density at radius 1 is 1.23 bits per heavy atom. The third-order valence-corrected chi connectivity index (χ3v) is 7.14. The lowest BCUT2D eigenvalue weighted by Gasteiger charge is -2.30. The zero-order chi connectivity index (χ0) is 21.3. The Hall–Kier alpha value is -2.49. The highest BCUT2D eigenvalue weighted by atomic mass is 35.5. The molecule has 7 nitrogen and oxygen atoms in total. The Labute approximate surface area is 178 Å². The van der Waals surface area contributed by atoms with Gasteiger partial charge in [-0.2, -0.15) is 4.31 Å². The fourth-order valence-electron chi connectivity index (χ4n) is 3.50. The summed E-state index contributed by atoms with van der Waals surface area (Å²) in [5, 5.41) is 8.29. The molecule has 4 rings (SSSR count). The number of sulfonamides is 1. The van der Waals surface area contributed by atoms with Crippen molar-refractivity contribution in [3.63, 3.8) is 0 Å². The van der Waals surface area contributed by atoms with E-state index >= 15 is 0 Å². The van der Waals surface area contributed by atoms with Gasteiger partial charge < -0.3 is 9.15 Å². The minimum Gasteiger partial charge on any atom is -0.495 e. The van der Waals surface area contributed by atoms with Crippen LogP contribution in [-0.4, -0.2) is 43.1 Å². The SMILES string of the molecule is COc1ccc(Cl)cc1S(=O)(=O)N1CCC[C@@H](c2nnc(-c3ccccc3F)o2)C1. The molecule has 0 unspecified atom stereocenters. The zero-order valence-corrected chi connectivity index (χ0v) is 17.7. The molecule has 158 valence electrons. The summed E-state index contributed by atoms with van der Waals surface area (Å²) < 4.78 is 52.7. The highest BCUT2D eigenvalue weighted by Gasteiger charge is 2.35. The summed E-state index contributed by atoms with van der Waals surface area (Å²) in [6, 6.07) is 10.6. The molecule has 30 heavy (non-hydrogen) atoms. The number of benzene rings is 2. The van der Waals surface area contributed by atoms with Crippen molar-refractivity contribution < 1.29 is 22.0 Å². The van der Waals surface area contributed by atoms with Gasteiger partial charge in [0.1, 0.15) is 16.5 Å². The Morgan fingerprint density at radius 3 is 2.80 bits per heavy atom. The molecule has 2 heterocycles. The molecule has 0 spiro atoms. The molecule has 0 aliphatic carbocycles. The third kappa shape index (κ3) is 3.92. The van der Waals surface area contributed by atoms with Gasteiger partial charge in [0.2, 0.25) is 15.9 Å². The first kappa shape index (κ1) is 20.8. The average Bonchev–Trinajstić information content (AvgIpc) is 3.24. The molecular formula is C20H19ClFN3O4S. The number of ether oxygens (including phenoxy) is 1. The van der Waals surface area contributed by atoms with Gasteiger partial charge in [0.15, 0.2) is 0 Å². The van der Waals surface area contributed by atoms with E-state index in [-0.39, 0.29) is 40.5 Å². The molecule has 0 radical (unpaired) electrons. The number of halogens is 2. The maximum Gasteiger partial charge on any atom is 0.250 e. The number of methoxy groups -OCH3 is 1. The van der Waals surface area contributed by atoms with Crippen LogP contribution in [0.3, 0.4) is 0 Å². The number of hydrogen-bond donors (Lipinski definition) is 0. The van der Waals surface area contributed by atoms with Gasteiger partial charge in [-0.05, 0) is 43.2 Å². The van der Waals surface area contributed by atoms with Crippen LogP contribution in [0.1, 0.15) is 24.7 Å². The molecule has 0 N–H and O–H groups in total. The number of rotatable bonds is 5. The summed E-state index contributed by atoms with van der Waals surface area (Å²) in [5.41, 5.74) is 0.209. The summed E-state index contributed by atoms with van der Waals surface area (Å²) in [4.78, 5) is 0.00993. The Morgan fingerprint density at radius 2 is 2.03 bits per heavy atom. The second kappa shape index (κ2) is 8.33. The number of aromatic nitrogens is 2. The van der Waals surface area contributed by atoms with E-state index < -0.39 is 15.8 Å². The van der Waals surface area contributed by atoms with Crippen LogP contribution in [-0.2, 0) is 10.0 Å². The first-order valence-electron chi connectivity index (χ1n) is 9.32. The molecular weight excluding hydrogens is 433 g/mol. The maximum atomic E-state index is 14.0. The molecule has 1 aromatic heterocycles. The van der Waals surface area contributed by atoms with E-state index in [0.717, 1.165) is 0 Å². The van der Waals surface area contributed by atoms with E-state index in [1.54, 1.807) is 24.3 Å². The van der Waals surface area contributed by atoms with Crippen molar-refractivity contribution in [1.29, 1.82) is 0 Å². The molecule has 3 aromatic rings. The second-order valence-corrected chi connectivity index (χ2v) is 9.27. The lowest BCUT2D eigenvalue weighted by atomic mass is 10.00. The molecule has 0 bridgehead atoms. The van der Waals surface area contributed by atoms with Gasteiger partial charge >= 0.3 is 0 Å². The van der Waals surface area contributed by atoms with Gasteiger partial charge in [0.25, 0.3) is 5.89 Å². The van der Waals surface area contributed by atoms with Crippen molar-refractivity contribution in [2.75, 3.05) is 20.2 Å². The van der Waals surface area contributed by atoms with Crippen molar-refractivity contribution in [3.8, 4) is 17.2 Å². The predicted octanol–water partition coefficient (Wildman–Crippen LogP) is 4.11. The van der Waals surface area contributed by atoms with E-state index in [0.29, 0.717) is 24.4 Å². The lowest BCUT2D eigenvalue weighted by Crippen LogP contribution is -2.39. The maximum absolute atomic E-state index is 14.0. The zero-order valence-electron chi connectivity index (χ0n) is 16.1. The normalized spacial score (nSPS) is 17.8. The highest BCUT2D eigenvalue weighted by molar-refractivity contribution is 7.89. The van der Waals surface area contributed by atoms with Gasteiger partial charge in [0.05, 0.1) is 18.6 Å². The van der Waals surface area contributed by atoms with Crippen LogP contribution in [0.4, 0.5) is 4.39 Å². The standard InChI is InChI=1S/C20H19ClFN3O4S/c1-28-17-9-8-14(21)11-18(17)30(26,27)25-10-4-5-13(12-25)19-23-24-20(29-19)15-6-2-3-7-16(15)22/h2-3,6-9,11,13H,4-5,10,12H2,1H3/t13-/m1/s1. The van der Waals surface area contributed by atoms with E-state index in [4.69, 9.17) is 20.8 Å². The summed E-state index contributed by atoms with van der Waals surface area (Å²) in [6.45, 7) is 0.514. The number of nitrogens with zero attached hydrogens (tertiary/aromatic N) is 3. The fraction of sp³-hybridized carbons (Fsp3) is 0.300. The average molecular weight is 452 g/mol. The number of hydrogen-bond acceptors (Lipinski definition) is 6. The van der Waals surface area contributed by atoms with Crippen molar-refractivity contribution in [2.45, 2.75) is 23.7 Å². The smallest absolute Gasteiger partial charge is 0.250 e. The van der Waals surface area contributed by atoms with Crippen molar-refractivity contribution in [2.24, 2.45) is 0 Å². The predicted molar refractivity (Wildman–Crippen MR) is 108 cm³/mol. The molecule has 1 aliphatic heterocycles. The van der Waals surface area contributed by atoms with Crippen LogP contribution >= 0.6 is 11.6 Å². The van der Waals surface area contributed by atoms with Crippen molar-refractivity contribution >= 4 is 21.6 Å². The molecule has 1 fully saturated rings. The Bertz CT molecular complexity index is 1170. The molecule has 2 aromatic carbocycles. The van der Waals surface area contributed by atoms with Crippen LogP contribution in [0.2, 0.25) is 5.02 Å². The fourth-order valence-corrected chi connectivity index (χ4v) is 5.44. The molecule has 1 saturated heterocycles. The van der Waals surface area contributed by atoms with Crippen LogP contribution < -0.4 is 4.74 Å². The molecule has 0 amide bonds. The van der Waals surface area contributed by atoms with Gasteiger partial charge in [-0.1, -0.05) is 23.7 Å². The summed E-state index contributed by atoms with van der Waals surface area (Å²) in [5.74, 6) is -0.188. The summed E-state index contributed by atoms with van der Waals surface area (Å²) in [7, 11) is -2.44. The Kier molecular flexibility index (Phi) is 5.77. The lowest BCUT2D eigenvalue weighted by molar-refractivity contribution is 0.285. The largest absolute Gasteiger partial charge is 0.495 e. The van der Waals surface area contributed by atoms with Gasteiger partial charge in [-0.15, -0.1) is 10.2 Å². The first-order valence-corrected chi connectivity index (χ1v) is 11.1. The quantitative estimate of drug-likeness (QED) is 0.580. The highest BCUT2D eigenvalue weighted by Crippen LogP contribution is 2.35. The van der Waals surface area contributed by atoms with Crippen LogP contribution in [0.25, 0.3) is 11.5 Å². The van der Waals surface area contributed by atoms with Gasteiger partial charge in [-0.3, -0.25) is 0 Å². The number of piperidine rings is 1. The van der Waals surface area contributed by atoms with E-state index in [1.807, 2.05) is 0 Å². The van der Waals surface area contributed by atoms with Gasteiger partial charge in [0, 0.05) is 18.1 Å². The topological polar surface area (TPSA) is 85.5 Å². The molecule has 1 atom stereocenters. The minimum absolute atomic E-state index is 0.00993. The summed E-state index contributed by atoms with van der Waals surface area (Å²) in [6.07, 6.45) is 1.29. The van der Waals surface area contributed by atoms with Crippen molar-refractivity contribution in [3.05, 3.63) is 59.2 Å². The third-order valence-electron chi connectivity index (χ3n) is 5.02. The Balaban J connectivity index is 1.60. The second-order valence-electron chi connectivity index (χ2n) is 6.92. The van der Waals surface area contributed by atoms with Crippen LogP contribution in [0.15, 0.2) is 51.8 Å². The van der Waals surface area contributed by atoms with Gasteiger partial charge in [-0.25, -0.2) is 12.8 Å².